The molecule has 8 rings (SSSR count). The minimum atomic E-state index is -0.844. The number of pyridine rings is 1. The number of nitrogens with one attached hydrogen (secondary N) is 4. The number of fused-ring (bicyclic) bond motifs is 4. The van der Waals surface area contributed by atoms with E-state index < -0.39 is 18.2 Å². The highest BCUT2D eigenvalue weighted by Crippen LogP contribution is 2.31. The number of alkyl carbamates (subject to hydrolysis) is 1. The van der Waals surface area contributed by atoms with E-state index in [0.29, 0.717) is 54.3 Å². The van der Waals surface area contributed by atoms with Crippen LogP contribution in [0.25, 0.3) is 10.9 Å². The normalized spacial score (nSPS) is 18.6. The summed E-state index contributed by atoms with van der Waals surface area (Å²) in [4.78, 5) is 42.5. The minimum absolute atomic E-state index is 0.0531. The molecule has 0 spiro atoms. The fourth-order valence-corrected chi connectivity index (χ4v) is 7.63. The van der Waals surface area contributed by atoms with Crippen LogP contribution in [0, 0.1) is 5.92 Å². The Labute approximate surface area is 325 Å². The smallest absolute Gasteiger partial charge is 0.408 e. The molecule has 6 N–H and O–H groups in total. The number of rotatable bonds is 16. The molecule has 3 aliphatic rings. The van der Waals surface area contributed by atoms with Crippen LogP contribution < -0.4 is 26.2 Å². The molecular weight excluding hydrogens is 711 g/mol. The number of ether oxygens (including phenoxy) is 2. The van der Waals surface area contributed by atoms with Crippen LogP contribution in [-0.4, -0.2) is 77.5 Å². The molecule has 5 aromatic rings. The number of nitrogens with zero attached hydrogens (tertiary/aromatic N) is 1. The Morgan fingerprint density at radius 2 is 1.64 bits per heavy atom. The summed E-state index contributed by atoms with van der Waals surface area (Å²) < 4.78 is 12.1. The summed E-state index contributed by atoms with van der Waals surface area (Å²) in [7, 11) is 0. The number of hydrogen-bond acceptors (Lipinski definition) is 9. The molecule has 2 amide bonds. The highest BCUT2D eigenvalue weighted by molar-refractivity contribution is 5.87. The lowest BCUT2D eigenvalue weighted by Gasteiger charge is -2.43. The van der Waals surface area contributed by atoms with Gasteiger partial charge in [0.2, 0.25) is 11.5 Å². The summed E-state index contributed by atoms with van der Waals surface area (Å²) in [6, 6.07) is 31.0. The van der Waals surface area contributed by atoms with Crippen LogP contribution in [0.15, 0.2) is 108 Å². The highest BCUT2D eigenvalue weighted by Gasteiger charge is 2.37. The van der Waals surface area contributed by atoms with E-state index in [1.165, 1.54) is 12.1 Å². The average Bonchev–Trinajstić information content (AvgIpc) is 3.22. The highest BCUT2D eigenvalue weighted by atomic mass is 16.6. The van der Waals surface area contributed by atoms with Gasteiger partial charge in [-0.2, -0.15) is 0 Å². The summed E-state index contributed by atoms with van der Waals surface area (Å²) >= 11 is 0. The van der Waals surface area contributed by atoms with Gasteiger partial charge >= 0.3 is 6.09 Å². The third-order valence-electron chi connectivity index (χ3n) is 10.7. The van der Waals surface area contributed by atoms with Gasteiger partial charge in [0.15, 0.2) is 0 Å². The molecule has 0 aliphatic carbocycles. The van der Waals surface area contributed by atoms with Crippen molar-refractivity contribution in [3.05, 3.63) is 141 Å². The van der Waals surface area contributed by atoms with Gasteiger partial charge < -0.3 is 40.6 Å². The Bertz CT molecular complexity index is 2150. The summed E-state index contributed by atoms with van der Waals surface area (Å²) in [6.45, 7) is 4.64. The molecule has 4 heterocycles. The second kappa shape index (κ2) is 18.3. The van der Waals surface area contributed by atoms with Crippen LogP contribution in [0.5, 0.6) is 11.5 Å². The van der Waals surface area contributed by atoms with E-state index in [-0.39, 0.29) is 36.3 Å². The van der Waals surface area contributed by atoms with Gasteiger partial charge in [0.05, 0.1) is 24.1 Å². The van der Waals surface area contributed by atoms with Crippen molar-refractivity contribution in [1.82, 2.24) is 25.8 Å². The number of hydrogen-bond donors (Lipinski definition) is 6. The molecule has 0 saturated carbocycles. The number of amides is 2. The molecular formula is C44H49N5O7. The third kappa shape index (κ3) is 9.94. The maximum atomic E-state index is 13.2. The van der Waals surface area contributed by atoms with Crippen molar-refractivity contribution in [2.45, 2.75) is 50.5 Å². The SMILES string of the molecule is O=C(Cc1ccc(COc2cccc([C@@H](NC(=O)OC3CN4CCC3CC4)c3ccccc3)c2)cc1)NCCCNCC(O)c1ccc(O)c2[nH]c(=O)ccc12. The maximum Gasteiger partial charge on any atom is 0.408 e. The number of aromatic nitrogens is 1. The maximum absolute atomic E-state index is 13.2. The predicted octanol–water partition coefficient (Wildman–Crippen LogP) is 5.09. The van der Waals surface area contributed by atoms with Crippen molar-refractivity contribution in [3.63, 3.8) is 0 Å². The van der Waals surface area contributed by atoms with E-state index in [2.05, 4.69) is 25.8 Å². The number of piperidine rings is 3. The summed E-state index contributed by atoms with van der Waals surface area (Å²) in [5.74, 6) is 0.969. The lowest BCUT2D eigenvalue weighted by molar-refractivity contribution is -0.120. The van der Waals surface area contributed by atoms with Gasteiger partial charge in [-0.1, -0.05) is 72.8 Å². The van der Waals surface area contributed by atoms with Crippen molar-refractivity contribution < 1.29 is 29.3 Å². The van der Waals surface area contributed by atoms with E-state index in [4.69, 9.17) is 9.47 Å². The number of carbonyl (C=O) groups is 2. The first kappa shape index (κ1) is 38.6. The zero-order valence-electron chi connectivity index (χ0n) is 31.3. The van der Waals surface area contributed by atoms with Crippen molar-refractivity contribution in [1.29, 1.82) is 0 Å². The first-order valence-corrected chi connectivity index (χ1v) is 19.3. The van der Waals surface area contributed by atoms with Crippen LogP contribution >= 0.6 is 0 Å². The van der Waals surface area contributed by atoms with E-state index in [1.807, 2.05) is 78.9 Å². The third-order valence-corrected chi connectivity index (χ3v) is 10.7. The molecule has 2 bridgehead atoms. The Hall–Kier alpha value is -5.69. The lowest BCUT2D eigenvalue weighted by Crippen LogP contribution is -2.52. The number of carbonyl (C=O) groups excluding carboxylic acids is 2. The van der Waals surface area contributed by atoms with Crippen LogP contribution in [0.4, 0.5) is 4.79 Å². The van der Waals surface area contributed by atoms with Gasteiger partial charge in [0.25, 0.3) is 0 Å². The van der Waals surface area contributed by atoms with Crippen molar-refractivity contribution >= 4 is 22.9 Å². The fraction of sp³-hybridized carbons (Fsp3) is 0.341. The van der Waals surface area contributed by atoms with Gasteiger partial charge in [-0.3, -0.25) is 14.5 Å². The standard InChI is InChI=1S/C44H49N5O7/c50-37-16-14-35(36-15-17-40(52)47-43(36)37)38(51)26-45-20-5-21-46-41(53)24-29-10-12-30(13-11-29)28-55-34-9-4-8-33(25-34)42(32-6-2-1-3-7-32)48-44(54)56-39-27-49-22-18-31(39)19-23-49/h1-4,6-17,25,31,38-39,42,45,50-51H,5,18-24,26-28H2,(H,46,53)(H,47,52)(H,48,54)/t38?,39?,42-/m0/s1. The van der Waals surface area contributed by atoms with Crippen LogP contribution in [0.3, 0.4) is 0 Å². The lowest BCUT2D eigenvalue weighted by atomic mass is 9.86. The van der Waals surface area contributed by atoms with Crippen molar-refractivity contribution in [2.24, 2.45) is 5.92 Å². The molecule has 1 aromatic heterocycles. The van der Waals surface area contributed by atoms with Gasteiger partial charge in [-0.15, -0.1) is 0 Å². The molecule has 292 valence electrons. The topological polar surface area (TPSA) is 165 Å². The second-order valence-electron chi connectivity index (χ2n) is 14.6. The van der Waals surface area contributed by atoms with Crippen LogP contribution in [-0.2, 0) is 22.6 Å². The molecule has 4 aromatic carbocycles. The zero-order chi connectivity index (χ0) is 38.9. The number of phenolic OH excluding ortho intramolecular Hbond substituents is 1. The molecule has 3 fully saturated rings. The van der Waals surface area contributed by atoms with E-state index >= 15 is 0 Å². The number of aliphatic hydroxyl groups excluding tert-OH is 1. The van der Waals surface area contributed by atoms with Gasteiger partial charge in [-0.05, 0) is 96.9 Å². The van der Waals surface area contributed by atoms with Crippen molar-refractivity contribution in [2.75, 3.05) is 39.3 Å². The largest absolute Gasteiger partial charge is 0.506 e. The first-order valence-electron chi connectivity index (χ1n) is 19.3. The molecule has 3 atom stereocenters. The van der Waals surface area contributed by atoms with Crippen molar-refractivity contribution in [3.8, 4) is 11.5 Å². The van der Waals surface area contributed by atoms with E-state index in [0.717, 1.165) is 54.7 Å². The quantitative estimate of drug-likeness (QED) is 0.0752. The van der Waals surface area contributed by atoms with E-state index in [1.54, 1.807) is 12.1 Å². The monoisotopic (exact) mass is 759 g/mol. The number of aliphatic hydroxyl groups is 1. The Morgan fingerprint density at radius 1 is 0.875 bits per heavy atom. The molecule has 12 heteroatoms. The fourth-order valence-electron chi connectivity index (χ4n) is 7.63. The molecule has 3 saturated heterocycles. The molecule has 3 aliphatic heterocycles. The zero-order valence-corrected chi connectivity index (χ0v) is 31.3. The summed E-state index contributed by atoms with van der Waals surface area (Å²) in [6.07, 6.45) is 1.73. The summed E-state index contributed by atoms with van der Waals surface area (Å²) in [5, 5.41) is 30.6. The molecule has 56 heavy (non-hydrogen) atoms. The van der Waals surface area contributed by atoms with Gasteiger partial charge in [0, 0.05) is 31.1 Å². The Morgan fingerprint density at radius 3 is 2.41 bits per heavy atom. The number of aromatic hydroxyl groups is 1. The van der Waals surface area contributed by atoms with Gasteiger partial charge in [0.1, 0.15) is 24.2 Å². The second-order valence-corrected chi connectivity index (χ2v) is 14.6. The summed E-state index contributed by atoms with van der Waals surface area (Å²) in [5.41, 5.74) is 4.24. The molecule has 12 nitrogen and oxygen atoms in total. The van der Waals surface area contributed by atoms with Gasteiger partial charge in [-0.25, -0.2) is 4.79 Å². The predicted molar refractivity (Wildman–Crippen MR) is 213 cm³/mol. The van der Waals surface area contributed by atoms with Crippen LogP contribution in [0.1, 0.15) is 59.2 Å². The Balaban J connectivity index is 0.843. The number of H-pyrrole nitrogens is 1. The molecule has 0 radical (unpaired) electrons. The molecule has 2 unspecified atom stereocenters. The minimum Gasteiger partial charge on any atom is -0.506 e. The average molecular weight is 760 g/mol. The Kier molecular flexibility index (Phi) is 12.6. The first-order chi connectivity index (χ1) is 27.3. The van der Waals surface area contributed by atoms with E-state index in [9.17, 15) is 24.6 Å². The number of aromatic amines is 1. The number of benzene rings is 4. The van der Waals surface area contributed by atoms with Crippen LogP contribution in [0.2, 0.25) is 0 Å². The number of phenols is 1.